The van der Waals surface area contributed by atoms with E-state index in [9.17, 15) is 4.79 Å². The largest absolute Gasteiger partial charge is 2.00 e. The van der Waals surface area contributed by atoms with Gasteiger partial charge in [-0.1, -0.05) is 0 Å². The Morgan fingerprint density at radius 2 is 1.62 bits per heavy atom. The fourth-order valence-electron chi connectivity index (χ4n) is 0. The molecule has 0 spiro atoms. The maximum Gasteiger partial charge on any atom is 2.00 e. The van der Waals surface area contributed by atoms with Crippen molar-refractivity contribution in [3.8, 4) is 0 Å². The summed E-state index contributed by atoms with van der Waals surface area (Å²) in [5, 5.41) is 7.59. The van der Waals surface area contributed by atoms with Crippen LogP contribution >= 0.6 is 11.6 Å². The number of alkyl halides is 1. The van der Waals surface area contributed by atoms with Crippen molar-refractivity contribution in [1.29, 1.82) is 0 Å². The van der Waals surface area contributed by atoms with Gasteiger partial charge in [0.1, 0.15) is 5.88 Å². The number of aliphatic carboxylic acids is 1. The van der Waals surface area contributed by atoms with E-state index in [2.05, 4.69) is 0 Å². The molecular formula is C2H3Br2ClMgO2. The molecule has 0 atom stereocenters. The summed E-state index contributed by atoms with van der Waals surface area (Å²) in [6, 6.07) is 0. The molecule has 2 nitrogen and oxygen atoms in total. The molecule has 0 aliphatic carbocycles. The molecule has 0 unspecified atom stereocenters. The first-order chi connectivity index (χ1) is 2.27. The van der Waals surface area contributed by atoms with E-state index in [0.717, 1.165) is 0 Å². The number of carboxylic acids is 1. The fourth-order valence-corrected chi connectivity index (χ4v) is 0. The second-order valence-corrected chi connectivity index (χ2v) is 0.795. The summed E-state index contributed by atoms with van der Waals surface area (Å²) in [5.41, 5.74) is 0. The van der Waals surface area contributed by atoms with Crippen LogP contribution in [0.25, 0.3) is 0 Å². The van der Waals surface area contributed by atoms with E-state index in [4.69, 9.17) is 16.7 Å². The Hall–Kier alpha value is 1.49. The molecule has 0 aromatic carbocycles. The van der Waals surface area contributed by atoms with E-state index < -0.39 is 5.97 Å². The SMILES string of the molecule is O=C(O)CCl.[Br-].[Br-].[Mg+2]. The molecule has 0 bridgehead atoms. The average molecular weight is 279 g/mol. The van der Waals surface area contributed by atoms with Crippen LogP contribution in [-0.4, -0.2) is 40.0 Å². The normalized spacial score (nSPS) is 4.62. The molecule has 0 aromatic heterocycles. The van der Waals surface area contributed by atoms with Crippen molar-refractivity contribution in [1.82, 2.24) is 0 Å². The van der Waals surface area contributed by atoms with Crippen LogP contribution < -0.4 is 34.0 Å². The third-order valence-electron chi connectivity index (χ3n) is 0.114. The first-order valence-corrected chi connectivity index (χ1v) is 1.58. The minimum absolute atomic E-state index is 0. The summed E-state index contributed by atoms with van der Waals surface area (Å²) in [5.74, 6) is -1.29. The molecule has 0 aromatic rings. The zero-order valence-electron chi connectivity index (χ0n) is 3.90. The average Bonchev–Trinajstić information content (AvgIpc) is 1.38. The van der Waals surface area contributed by atoms with Crippen molar-refractivity contribution in [3.63, 3.8) is 0 Å². The van der Waals surface area contributed by atoms with Crippen LogP contribution in [0.3, 0.4) is 0 Å². The number of hydrogen-bond acceptors (Lipinski definition) is 1. The summed E-state index contributed by atoms with van der Waals surface area (Å²) < 4.78 is 0. The molecule has 0 aliphatic heterocycles. The molecule has 0 aliphatic rings. The van der Waals surface area contributed by atoms with Crippen molar-refractivity contribution >= 4 is 40.6 Å². The Labute approximate surface area is 89.7 Å². The molecule has 46 valence electrons. The first-order valence-electron chi connectivity index (χ1n) is 1.05. The van der Waals surface area contributed by atoms with Gasteiger partial charge >= 0.3 is 29.0 Å². The van der Waals surface area contributed by atoms with Crippen molar-refractivity contribution in [2.24, 2.45) is 0 Å². The monoisotopic (exact) mass is 276 g/mol. The van der Waals surface area contributed by atoms with Crippen LogP contribution in [0.5, 0.6) is 0 Å². The zero-order chi connectivity index (χ0) is 4.28. The summed E-state index contributed by atoms with van der Waals surface area (Å²) >= 11 is 4.74. The van der Waals surface area contributed by atoms with E-state index in [1.807, 2.05) is 0 Å². The third-order valence-corrected chi connectivity index (χ3v) is 0.343. The topological polar surface area (TPSA) is 37.3 Å². The maximum atomic E-state index is 9.24. The summed E-state index contributed by atoms with van der Waals surface area (Å²) in [6.45, 7) is 0. The molecule has 0 rings (SSSR count). The zero-order valence-corrected chi connectivity index (χ0v) is 9.25. The van der Waals surface area contributed by atoms with Gasteiger partial charge < -0.3 is 39.1 Å². The molecule has 0 amide bonds. The molecule has 0 fully saturated rings. The van der Waals surface area contributed by atoms with E-state index in [-0.39, 0.29) is 62.9 Å². The van der Waals surface area contributed by atoms with Gasteiger partial charge in [-0.25, -0.2) is 0 Å². The Morgan fingerprint density at radius 3 is 1.62 bits per heavy atom. The van der Waals surface area contributed by atoms with Gasteiger partial charge in [-0.2, -0.15) is 0 Å². The molecular weight excluding hydrogens is 276 g/mol. The number of carboxylic acid groups (broad SMARTS) is 1. The van der Waals surface area contributed by atoms with Crippen molar-refractivity contribution in [2.45, 2.75) is 0 Å². The van der Waals surface area contributed by atoms with Gasteiger partial charge in [-0.15, -0.1) is 11.6 Å². The quantitative estimate of drug-likeness (QED) is 0.383. The van der Waals surface area contributed by atoms with E-state index in [1.165, 1.54) is 0 Å². The fraction of sp³-hybridized carbons (Fsp3) is 0.500. The van der Waals surface area contributed by atoms with Crippen molar-refractivity contribution in [2.75, 3.05) is 5.88 Å². The van der Waals surface area contributed by atoms with Gasteiger partial charge in [-0.05, 0) is 0 Å². The maximum absolute atomic E-state index is 9.24. The van der Waals surface area contributed by atoms with Gasteiger partial charge in [0, 0.05) is 0 Å². The Kier molecular flexibility index (Phi) is 44.8. The molecule has 0 radical (unpaired) electrons. The van der Waals surface area contributed by atoms with Crippen LogP contribution in [0.1, 0.15) is 0 Å². The summed E-state index contributed by atoms with van der Waals surface area (Å²) in [7, 11) is 0. The third kappa shape index (κ3) is 25.9. The second-order valence-electron chi connectivity index (χ2n) is 0.527. The van der Waals surface area contributed by atoms with Gasteiger partial charge in [0.15, 0.2) is 0 Å². The first kappa shape index (κ1) is 22.7. The van der Waals surface area contributed by atoms with Gasteiger partial charge in [-0.3, -0.25) is 4.79 Å². The van der Waals surface area contributed by atoms with Gasteiger partial charge in [0.2, 0.25) is 0 Å². The molecule has 8 heavy (non-hydrogen) atoms. The molecule has 0 saturated carbocycles. The molecule has 0 heterocycles. The van der Waals surface area contributed by atoms with Crippen LogP contribution in [-0.2, 0) is 4.79 Å². The standard InChI is InChI=1S/C2H3ClO2.2BrH.Mg/c3-1-2(4)5;;;/h1H2,(H,4,5);2*1H;/q;;;+2/p-2. The van der Waals surface area contributed by atoms with Gasteiger partial charge in [0.25, 0.3) is 0 Å². The van der Waals surface area contributed by atoms with E-state index >= 15 is 0 Å². The van der Waals surface area contributed by atoms with Crippen LogP contribution in [0.15, 0.2) is 0 Å². The Balaban J connectivity index is -0.0000000267. The molecule has 6 heteroatoms. The van der Waals surface area contributed by atoms with Crippen molar-refractivity contribution < 1.29 is 43.9 Å². The van der Waals surface area contributed by atoms with Crippen LogP contribution in [0.4, 0.5) is 0 Å². The van der Waals surface area contributed by atoms with Crippen LogP contribution in [0, 0.1) is 0 Å². The van der Waals surface area contributed by atoms with Gasteiger partial charge in [0.05, 0.1) is 0 Å². The smallest absolute Gasteiger partial charge is 1.00 e. The predicted molar refractivity (Wildman–Crippen MR) is 24.1 cm³/mol. The number of halogens is 3. The second kappa shape index (κ2) is 15.8. The number of rotatable bonds is 1. The summed E-state index contributed by atoms with van der Waals surface area (Å²) in [4.78, 5) is 9.24. The van der Waals surface area contributed by atoms with E-state index in [1.54, 1.807) is 0 Å². The molecule has 0 saturated heterocycles. The summed E-state index contributed by atoms with van der Waals surface area (Å²) in [6.07, 6.45) is 0. The van der Waals surface area contributed by atoms with Crippen molar-refractivity contribution in [3.05, 3.63) is 0 Å². The number of hydrogen-bond donors (Lipinski definition) is 1. The predicted octanol–water partition coefficient (Wildman–Crippen LogP) is -6.06. The Morgan fingerprint density at radius 1 is 1.50 bits per heavy atom. The minimum atomic E-state index is -0.980. The van der Waals surface area contributed by atoms with Crippen LogP contribution in [0.2, 0.25) is 0 Å². The minimum Gasteiger partial charge on any atom is -1.00 e. The number of carbonyl (C=O) groups is 1. The molecule has 1 N–H and O–H groups in total. The van der Waals surface area contributed by atoms with E-state index in [0.29, 0.717) is 0 Å². The Bertz CT molecular complexity index is 53.3.